The van der Waals surface area contributed by atoms with Crippen LogP contribution in [0.4, 0.5) is 0 Å². The number of benzene rings is 2. The lowest BCUT2D eigenvalue weighted by Crippen LogP contribution is -2.45. The van der Waals surface area contributed by atoms with Crippen molar-refractivity contribution >= 4 is 16.9 Å². The normalized spacial score (nSPS) is 16.2. The number of carbonyl (C=O) groups excluding carboxylic acids is 1. The van der Waals surface area contributed by atoms with E-state index in [1.54, 1.807) is 0 Å². The summed E-state index contributed by atoms with van der Waals surface area (Å²) in [5.74, 6) is 1.37. The van der Waals surface area contributed by atoms with Gasteiger partial charge in [0.05, 0.1) is 17.4 Å². The van der Waals surface area contributed by atoms with Gasteiger partial charge in [0.2, 0.25) is 0 Å². The Hall–Kier alpha value is -2.82. The Morgan fingerprint density at radius 2 is 1.83 bits per heavy atom. The lowest BCUT2D eigenvalue weighted by atomic mass is 9.96. The number of aryl methyl sites for hydroxylation is 2. The number of amides is 1. The standard InChI is InChI=1S/C24H29N3O2/c1-17-13-22-23(14-18(17)2)27(16-25-22)15-20-9-11-26(12-10-20)24(28)19(3)29-21-7-5-4-6-8-21/h4-8,13-14,16,19-20H,9-12,15H2,1-3H3/t19-/m0/s1. The molecule has 0 radical (unpaired) electrons. The highest BCUT2D eigenvalue weighted by Gasteiger charge is 2.27. The third-order valence-electron chi connectivity index (χ3n) is 6.02. The second-order valence-electron chi connectivity index (χ2n) is 8.16. The fraction of sp³-hybridized carbons (Fsp3) is 0.417. The van der Waals surface area contributed by atoms with Gasteiger partial charge in [0.15, 0.2) is 6.10 Å². The number of hydrogen-bond donors (Lipinski definition) is 0. The monoisotopic (exact) mass is 391 g/mol. The molecule has 1 saturated heterocycles. The highest BCUT2D eigenvalue weighted by Crippen LogP contribution is 2.24. The Bertz CT molecular complexity index is 988. The molecule has 5 heteroatoms. The lowest BCUT2D eigenvalue weighted by molar-refractivity contribution is -0.139. The van der Waals surface area contributed by atoms with E-state index in [4.69, 9.17) is 4.74 Å². The van der Waals surface area contributed by atoms with Crippen molar-refractivity contribution in [1.29, 1.82) is 0 Å². The average molecular weight is 392 g/mol. The van der Waals surface area contributed by atoms with Gasteiger partial charge in [0.25, 0.3) is 5.91 Å². The third-order valence-corrected chi connectivity index (χ3v) is 6.02. The van der Waals surface area contributed by atoms with E-state index < -0.39 is 6.10 Å². The summed E-state index contributed by atoms with van der Waals surface area (Å²) in [5, 5.41) is 0. The molecule has 2 heterocycles. The van der Waals surface area contributed by atoms with Crippen molar-refractivity contribution in [3.8, 4) is 5.75 Å². The predicted molar refractivity (Wildman–Crippen MR) is 115 cm³/mol. The molecule has 1 aliphatic heterocycles. The van der Waals surface area contributed by atoms with Crippen LogP contribution in [0.15, 0.2) is 48.8 Å². The van der Waals surface area contributed by atoms with Gasteiger partial charge in [-0.3, -0.25) is 4.79 Å². The van der Waals surface area contributed by atoms with Gasteiger partial charge in [-0.2, -0.15) is 0 Å². The van der Waals surface area contributed by atoms with Gasteiger partial charge in [-0.15, -0.1) is 0 Å². The molecular weight excluding hydrogens is 362 g/mol. The topological polar surface area (TPSA) is 47.4 Å². The van der Waals surface area contributed by atoms with Crippen LogP contribution in [0.5, 0.6) is 5.75 Å². The van der Waals surface area contributed by atoms with Gasteiger partial charge in [-0.05, 0) is 74.9 Å². The fourth-order valence-corrected chi connectivity index (χ4v) is 4.08. The molecule has 2 aromatic carbocycles. The fourth-order valence-electron chi connectivity index (χ4n) is 4.08. The molecule has 1 aliphatic rings. The SMILES string of the molecule is Cc1cc2ncn(CC3CCN(C(=O)[C@H](C)Oc4ccccc4)CC3)c2cc1C. The largest absolute Gasteiger partial charge is 0.481 e. The van der Waals surface area contributed by atoms with Crippen molar-refractivity contribution in [3.05, 3.63) is 59.9 Å². The number of aromatic nitrogens is 2. The van der Waals surface area contributed by atoms with Gasteiger partial charge < -0.3 is 14.2 Å². The summed E-state index contributed by atoms with van der Waals surface area (Å²) in [7, 11) is 0. The maximum Gasteiger partial charge on any atom is 0.263 e. The molecule has 0 unspecified atom stereocenters. The summed E-state index contributed by atoms with van der Waals surface area (Å²) in [5.41, 5.74) is 4.84. The zero-order valence-corrected chi connectivity index (χ0v) is 17.5. The van der Waals surface area contributed by atoms with Crippen LogP contribution in [0, 0.1) is 19.8 Å². The third kappa shape index (κ3) is 4.29. The molecule has 1 amide bonds. The Morgan fingerprint density at radius 1 is 1.14 bits per heavy atom. The van der Waals surface area contributed by atoms with Gasteiger partial charge in [0.1, 0.15) is 5.75 Å². The van der Waals surface area contributed by atoms with E-state index in [9.17, 15) is 4.79 Å². The first-order valence-corrected chi connectivity index (χ1v) is 10.4. The second-order valence-corrected chi connectivity index (χ2v) is 8.16. The quantitative estimate of drug-likeness (QED) is 0.649. The molecule has 5 nitrogen and oxygen atoms in total. The number of likely N-dealkylation sites (tertiary alicyclic amines) is 1. The Morgan fingerprint density at radius 3 is 2.55 bits per heavy atom. The molecule has 3 aromatic rings. The number of fused-ring (bicyclic) bond motifs is 1. The number of ether oxygens (including phenoxy) is 1. The minimum atomic E-state index is -0.460. The number of imidazole rings is 1. The van der Waals surface area contributed by atoms with E-state index in [0.29, 0.717) is 5.92 Å². The Balaban J connectivity index is 1.33. The van der Waals surface area contributed by atoms with Crippen LogP contribution in [0.25, 0.3) is 11.0 Å². The molecule has 152 valence electrons. The maximum absolute atomic E-state index is 12.8. The molecule has 0 N–H and O–H groups in total. The minimum Gasteiger partial charge on any atom is -0.481 e. The van der Waals surface area contributed by atoms with E-state index in [-0.39, 0.29) is 5.91 Å². The molecule has 0 aliphatic carbocycles. The molecule has 0 spiro atoms. The highest BCUT2D eigenvalue weighted by molar-refractivity contribution is 5.81. The van der Waals surface area contributed by atoms with Crippen LogP contribution in [0.1, 0.15) is 30.9 Å². The predicted octanol–water partition coefficient (Wildman–Crippen LogP) is 4.36. The second kappa shape index (κ2) is 8.27. The van der Waals surface area contributed by atoms with Crippen LogP contribution >= 0.6 is 0 Å². The summed E-state index contributed by atoms with van der Waals surface area (Å²) >= 11 is 0. The van der Waals surface area contributed by atoms with Crippen LogP contribution in [0.3, 0.4) is 0 Å². The minimum absolute atomic E-state index is 0.0754. The summed E-state index contributed by atoms with van der Waals surface area (Å²) < 4.78 is 8.08. The first-order chi connectivity index (χ1) is 14.0. The van der Waals surface area contributed by atoms with E-state index >= 15 is 0 Å². The average Bonchev–Trinajstić information content (AvgIpc) is 3.10. The summed E-state index contributed by atoms with van der Waals surface area (Å²) in [4.78, 5) is 19.3. The molecule has 1 aromatic heterocycles. The van der Waals surface area contributed by atoms with Gasteiger partial charge >= 0.3 is 0 Å². The van der Waals surface area contributed by atoms with Crippen molar-refractivity contribution < 1.29 is 9.53 Å². The van der Waals surface area contributed by atoms with Gasteiger partial charge in [-0.25, -0.2) is 4.98 Å². The number of nitrogens with zero attached hydrogens (tertiary/aromatic N) is 3. The Kier molecular flexibility index (Phi) is 5.56. The van der Waals surface area contributed by atoms with E-state index in [0.717, 1.165) is 43.7 Å². The smallest absolute Gasteiger partial charge is 0.263 e. The molecule has 0 saturated carbocycles. The first kappa shape index (κ1) is 19.5. The van der Waals surface area contributed by atoms with E-state index in [2.05, 4.69) is 35.5 Å². The van der Waals surface area contributed by atoms with Crippen LogP contribution in [-0.4, -0.2) is 39.6 Å². The number of piperidine rings is 1. The number of carbonyl (C=O) groups is 1. The maximum atomic E-state index is 12.8. The van der Waals surface area contributed by atoms with Crippen molar-refractivity contribution in [2.45, 2.75) is 46.3 Å². The molecule has 1 fully saturated rings. The van der Waals surface area contributed by atoms with E-state index in [1.807, 2.05) is 48.5 Å². The van der Waals surface area contributed by atoms with Crippen molar-refractivity contribution in [2.24, 2.45) is 5.92 Å². The summed E-state index contributed by atoms with van der Waals surface area (Å²) in [6, 6.07) is 13.9. The zero-order valence-electron chi connectivity index (χ0n) is 17.5. The van der Waals surface area contributed by atoms with Crippen molar-refractivity contribution in [3.63, 3.8) is 0 Å². The first-order valence-electron chi connectivity index (χ1n) is 10.4. The number of hydrogen-bond acceptors (Lipinski definition) is 3. The van der Waals surface area contributed by atoms with Crippen LogP contribution in [0.2, 0.25) is 0 Å². The van der Waals surface area contributed by atoms with Gasteiger partial charge in [-0.1, -0.05) is 18.2 Å². The van der Waals surface area contributed by atoms with Crippen molar-refractivity contribution in [2.75, 3.05) is 13.1 Å². The van der Waals surface area contributed by atoms with Crippen LogP contribution in [-0.2, 0) is 11.3 Å². The molecular formula is C24H29N3O2. The summed E-state index contributed by atoms with van der Waals surface area (Å²) in [6.45, 7) is 8.64. The van der Waals surface area contributed by atoms with E-state index in [1.165, 1.54) is 16.6 Å². The van der Waals surface area contributed by atoms with Gasteiger partial charge in [0, 0.05) is 19.6 Å². The number of rotatable bonds is 5. The summed E-state index contributed by atoms with van der Waals surface area (Å²) in [6.07, 6.45) is 3.51. The molecule has 0 bridgehead atoms. The van der Waals surface area contributed by atoms with Crippen molar-refractivity contribution in [1.82, 2.24) is 14.5 Å². The Labute approximate surface area is 172 Å². The molecule has 1 atom stereocenters. The molecule has 29 heavy (non-hydrogen) atoms. The lowest BCUT2D eigenvalue weighted by Gasteiger charge is -2.33. The number of para-hydroxylation sites is 1. The molecule has 4 rings (SSSR count). The van der Waals surface area contributed by atoms with Crippen LogP contribution < -0.4 is 4.74 Å². The highest BCUT2D eigenvalue weighted by atomic mass is 16.5. The zero-order chi connectivity index (χ0) is 20.4.